The quantitative estimate of drug-likeness (QED) is 0.617. The van der Waals surface area contributed by atoms with Gasteiger partial charge in [0.1, 0.15) is 0 Å². The Morgan fingerprint density at radius 2 is 2.00 bits per heavy atom. The summed E-state index contributed by atoms with van der Waals surface area (Å²) in [6.07, 6.45) is 3.83. The van der Waals surface area contributed by atoms with Gasteiger partial charge in [0.05, 0.1) is 0 Å². The fourth-order valence-corrected chi connectivity index (χ4v) is 2.07. The molecule has 65 valence electrons. The summed E-state index contributed by atoms with van der Waals surface area (Å²) in [7, 11) is 0. The fourth-order valence-electron chi connectivity index (χ4n) is 2.07. The molecule has 1 aliphatic carbocycles. The van der Waals surface area contributed by atoms with Gasteiger partial charge in [0.25, 0.3) is 0 Å². The Morgan fingerprint density at radius 3 is 2.45 bits per heavy atom. The van der Waals surface area contributed by atoms with Crippen LogP contribution in [0.3, 0.4) is 0 Å². The van der Waals surface area contributed by atoms with E-state index < -0.39 is 0 Å². The van der Waals surface area contributed by atoms with Crippen LogP contribution in [0.15, 0.2) is 0 Å². The van der Waals surface area contributed by atoms with E-state index in [0.717, 1.165) is 18.3 Å². The van der Waals surface area contributed by atoms with E-state index in [0.29, 0.717) is 5.92 Å². The van der Waals surface area contributed by atoms with E-state index in [2.05, 4.69) is 20.8 Å². The summed E-state index contributed by atoms with van der Waals surface area (Å²) >= 11 is 0. The average Bonchev–Trinajstić information content (AvgIpc) is 1.85. The van der Waals surface area contributed by atoms with E-state index in [-0.39, 0.29) is 0 Å². The van der Waals surface area contributed by atoms with Crippen LogP contribution in [0.2, 0.25) is 0 Å². The molecule has 0 spiro atoms. The first-order chi connectivity index (χ1) is 5.11. The highest BCUT2D eigenvalue weighted by molar-refractivity contribution is 4.96. The minimum absolute atomic E-state index is 0.700. The van der Waals surface area contributed by atoms with E-state index >= 15 is 0 Å². The Balaban J connectivity index is 2.44. The van der Waals surface area contributed by atoms with Gasteiger partial charge in [-0.3, -0.25) is 0 Å². The maximum Gasteiger partial charge on any atom is 0.0373 e. The van der Waals surface area contributed by atoms with Gasteiger partial charge in [-0.05, 0) is 30.6 Å². The van der Waals surface area contributed by atoms with Gasteiger partial charge in [-0.25, -0.2) is 0 Å². The maximum absolute atomic E-state index is 5.99. The number of hydrogen-bond donors (Lipinski definition) is 1. The average molecular weight is 154 g/mol. The lowest BCUT2D eigenvalue weighted by Gasteiger charge is -2.34. The minimum atomic E-state index is 0.700. The van der Waals surface area contributed by atoms with Crippen LogP contribution in [0, 0.1) is 23.8 Å². The van der Waals surface area contributed by atoms with Crippen LogP contribution in [0.5, 0.6) is 0 Å². The highest BCUT2D eigenvalue weighted by Crippen LogP contribution is 2.35. The van der Waals surface area contributed by atoms with Crippen LogP contribution in [0.25, 0.3) is 0 Å². The number of rotatable bonds is 1. The molecule has 1 saturated carbocycles. The summed E-state index contributed by atoms with van der Waals surface area (Å²) in [6, 6.07) is 1.25. The van der Waals surface area contributed by atoms with Gasteiger partial charge in [-0.2, -0.15) is 0 Å². The molecular formula is C10H20N. The first-order valence-electron chi connectivity index (χ1n) is 4.72. The molecule has 2 unspecified atom stereocenters. The van der Waals surface area contributed by atoms with Crippen molar-refractivity contribution in [2.45, 2.75) is 40.0 Å². The van der Waals surface area contributed by atoms with Crippen LogP contribution >= 0.6 is 0 Å². The Bertz CT molecular complexity index is 120. The van der Waals surface area contributed by atoms with Gasteiger partial charge in [0.2, 0.25) is 0 Å². The van der Waals surface area contributed by atoms with Crippen molar-refractivity contribution in [2.75, 3.05) is 0 Å². The van der Waals surface area contributed by atoms with E-state index in [1.807, 2.05) is 0 Å². The zero-order valence-electron chi connectivity index (χ0n) is 7.93. The lowest BCUT2D eigenvalue weighted by atomic mass is 9.74. The lowest BCUT2D eigenvalue weighted by Crippen LogP contribution is -2.31. The standard InChI is InChI=1S/C10H20N/c1-7(2)9-5-4-8(3)6-10(9)11/h7-9H,4-6,11H2,1-3H3. The van der Waals surface area contributed by atoms with Crippen LogP contribution < -0.4 is 5.73 Å². The molecule has 11 heavy (non-hydrogen) atoms. The van der Waals surface area contributed by atoms with Gasteiger partial charge >= 0.3 is 0 Å². The predicted octanol–water partition coefficient (Wildman–Crippen LogP) is 2.57. The van der Waals surface area contributed by atoms with Crippen molar-refractivity contribution in [1.82, 2.24) is 0 Å². The highest BCUT2D eigenvalue weighted by atomic mass is 14.7. The topological polar surface area (TPSA) is 26.0 Å². The zero-order valence-corrected chi connectivity index (χ0v) is 7.93. The molecule has 1 aliphatic rings. The summed E-state index contributed by atoms with van der Waals surface area (Å²) in [5.41, 5.74) is 5.99. The molecule has 0 amide bonds. The smallest absolute Gasteiger partial charge is 0.0373 e. The third kappa shape index (κ3) is 2.19. The first-order valence-corrected chi connectivity index (χ1v) is 4.72. The molecule has 0 aromatic rings. The fraction of sp³-hybridized carbons (Fsp3) is 0.900. The normalized spacial score (nSPS) is 34.6. The van der Waals surface area contributed by atoms with Crippen LogP contribution in [0.4, 0.5) is 0 Å². The Labute approximate surface area is 70.4 Å². The lowest BCUT2D eigenvalue weighted by molar-refractivity contribution is 0.261. The van der Waals surface area contributed by atoms with E-state index in [1.165, 1.54) is 18.9 Å². The van der Waals surface area contributed by atoms with Crippen molar-refractivity contribution in [3.05, 3.63) is 6.04 Å². The monoisotopic (exact) mass is 154 g/mol. The maximum atomic E-state index is 5.99. The summed E-state index contributed by atoms with van der Waals surface area (Å²) in [6.45, 7) is 6.84. The first kappa shape index (κ1) is 9.05. The SMILES string of the molecule is CC1CCC(C(C)C)[C](N)C1. The van der Waals surface area contributed by atoms with Gasteiger partial charge in [-0.1, -0.05) is 27.2 Å². The Hall–Kier alpha value is -0.0400. The van der Waals surface area contributed by atoms with Crippen LogP contribution in [-0.2, 0) is 0 Å². The molecule has 0 heterocycles. The summed E-state index contributed by atoms with van der Waals surface area (Å²) in [5, 5.41) is 0. The Morgan fingerprint density at radius 1 is 1.36 bits per heavy atom. The largest absolute Gasteiger partial charge is 0.323 e. The molecule has 1 rings (SSSR count). The molecule has 0 aliphatic heterocycles. The second-order valence-electron chi connectivity index (χ2n) is 4.31. The van der Waals surface area contributed by atoms with E-state index in [1.54, 1.807) is 0 Å². The van der Waals surface area contributed by atoms with Gasteiger partial charge in [0.15, 0.2) is 0 Å². The molecular weight excluding hydrogens is 134 g/mol. The highest BCUT2D eigenvalue weighted by Gasteiger charge is 2.28. The van der Waals surface area contributed by atoms with Gasteiger partial charge in [0, 0.05) is 6.04 Å². The molecule has 2 N–H and O–H groups in total. The van der Waals surface area contributed by atoms with Crippen molar-refractivity contribution >= 4 is 0 Å². The van der Waals surface area contributed by atoms with Crippen molar-refractivity contribution < 1.29 is 0 Å². The molecule has 1 fully saturated rings. The van der Waals surface area contributed by atoms with Crippen LogP contribution in [0.1, 0.15) is 40.0 Å². The van der Waals surface area contributed by atoms with E-state index in [4.69, 9.17) is 5.73 Å². The number of hydrogen-bond acceptors (Lipinski definition) is 1. The molecule has 2 atom stereocenters. The molecule has 0 saturated heterocycles. The molecule has 1 heteroatoms. The molecule has 1 radical (unpaired) electrons. The summed E-state index contributed by atoms with van der Waals surface area (Å²) in [4.78, 5) is 0. The zero-order chi connectivity index (χ0) is 8.43. The minimum Gasteiger partial charge on any atom is -0.323 e. The van der Waals surface area contributed by atoms with Gasteiger partial charge in [-0.15, -0.1) is 0 Å². The van der Waals surface area contributed by atoms with Crippen molar-refractivity contribution in [3.63, 3.8) is 0 Å². The molecule has 1 nitrogen and oxygen atoms in total. The number of nitrogens with two attached hydrogens (primary N) is 1. The third-order valence-electron chi connectivity index (χ3n) is 2.84. The second-order valence-corrected chi connectivity index (χ2v) is 4.31. The third-order valence-corrected chi connectivity index (χ3v) is 2.84. The van der Waals surface area contributed by atoms with Crippen molar-refractivity contribution in [3.8, 4) is 0 Å². The molecule has 0 bridgehead atoms. The van der Waals surface area contributed by atoms with Crippen molar-refractivity contribution in [2.24, 2.45) is 23.5 Å². The summed E-state index contributed by atoms with van der Waals surface area (Å²) in [5.74, 6) is 2.26. The van der Waals surface area contributed by atoms with Crippen LogP contribution in [-0.4, -0.2) is 0 Å². The molecule has 0 aromatic heterocycles. The van der Waals surface area contributed by atoms with E-state index in [9.17, 15) is 0 Å². The molecule has 0 aromatic carbocycles. The predicted molar refractivity (Wildman–Crippen MR) is 48.8 cm³/mol. The summed E-state index contributed by atoms with van der Waals surface area (Å²) < 4.78 is 0. The second kappa shape index (κ2) is 3.57. The van der Waals surface area contributed by atoms with Gasteiger partial charge < -0.3 is 5.73 Å². The Kier molecular flexibility index (Phi) is 2.94. The van der Waals surface area contributed by atoms with Crippen molar-refractivity contribution in [1.29, 1.82) is 0 Å².